The summed E-state index contributed by atoms with van der Waals surface area (Å²) in [6, 6.07) is 9.88. The van der Waals surface area contributed by atoms with Crippen LogP contribution in [-0.2, 0) is 0 Å². The fourth-order valence-corrected chi connectivity index (χ4v) is 2.92. The van der Waals surface area contributed by atoms with Crippen molar-refractivity contribution in [2.45, 2.75) is 19.9 Å². The molecule has 0 saturated carbocycles. The Labute approximate surface area is 123 Å². The van der Waals surface area contributed by atoms with Gasteiger partial charge in [-0.2, -0.15) is 0 Å². The van der Waals surface area contributed by atoms with E-state index in [0.29, 0.717) is 0 Å². The van der Waals surface area contributed by atoms with E-state index in [4.69, 9.17) is 0 Å². The number of hydrogen-bond acceptors (Lipinski definition) is 3. The van der Waals surface area contributed by atoms with E-state index >= 15 is 0 Å². The van der Waals surface area contributed by atoms with Gasteiger partial charge in [0.15, 0.2) is 0 Å². The van der Waals surface area contributed by atoms with Crippen LogP contribution in [0.5, 0.6) is 0 Å². The summed E-state index contributed by atoms with van der Waals surface area (Å²) in [5.74, 6) is 0. The van der Waals surface area contributed by atoms with Gasteiger partial charge in [0, 0.05) is 23.3 Å². The lowest BCUT2D eigenvalue weighted by Gasteiger charge is -2.15. The topological polar surface area (TPSA) is 53.2 Å². The lowest BCUT2D eigenvalue weighted by Crippen LogP contribution is -2.24. The van der Waals surface area contributed by atoms with Crippen LogP contribution in [-0.4, -0.2) is 13.1 Å². The Morgan fingerprint density at radius 1 is 1.15 bits per heavy atom. The van der Waals surface area contributed by atoms with Crippen LogP contribution in [0.4, 0.5) is 16.2 Å². The Bertz CT molecular complexity index is 577. The Hall–Kier alpha value is -2.01. The standard InChI is InChI=1S/C15H19N3OS/c1-10-8-9-20-14(10)11(2)17-12-4-6-13(7-5-12)18-15(19)16-3/h4-9,11,17H,1-3H3,(H2,16,18,19). The molecule has 2 rings (SSSR count). The Morgan fingerprint density at radius 2 is 1.80 bits per heavy atom. The van der Waals surface area contributed by atoms with Crippen molar-refractivity contribution < 1.29 is 4.79 Å². The number of benzene rings is 1. The first-order chi connectivity index (χ1) is 9.60. The number of aryl methyl sites for hydroxylation is 1. The van der Waals surface area contributed by atoms with E-state index in [0.717, 1.165) is 11.4 Å². The first-order valence-corrected chi connectivity index (χ1v) is 7.37. The largest absolute Gasteiger partial charge is 0.378 e. The van der Waals surface area contributed by atoms with Crippen molar-refractivity contribution in [3.63, 3.8) is 0 Å². The predicted octanol–water partition coefficient (Wildman–Crippen LogP) is 3.98. The van der Waals surface area contributed by atoms with Crippen molar-refractivity contribution in [2.24, 2.45) is 0 Å². The SMILES string of the molecule is CNC(=O)Nc1ccc(NC(C)c2sccc2C)cc1. The van der Waals surface area contributed by atoms with Crippen molar-refractivity contribution in [3.8, 4) is 0 Å². The molecule has 0 spiro atoms. The number of nitrogens with one attached hydrogen (secondary N) is 3. The Morgan fingerprint density at radius 3 is 2.35 bits per heavy atom. The maximum atomic E-state index is 11.2. The van der Waals surface area contributed by atoms with Gasteiger partial charge >= 0.3 is 6.03 Å². The zero-order valence-electron chi connectivity index (χ0n) is 11.9. The third-order valence-electron chi connectivity index (χ3n) is 3.05. The molecule has 2 amide bonds. The van der Waals surface area contributed by atoms with Crippen LogP contribution in [0.25, 0.3) is 0 Å². The van der Waals surface area contributed by atoms with Gasteiger partial charge in [-0.15, -0.1) is 11.3 Å². The first kappa shape index (κ1) is 14.4. The summed E-state index contributed by atoms with van der Waals surface area (Å²) in [7, 11) is 1.59. The second kappa shape index (κ2) is 6.43. The van der Waals surface area contributed by atoms with Crippen LogP contribution in [0.2, 0.25) is 0 Å². The van der Waals surface area contributed by atoms with Gasteiger partial charge in [-0.05, 0) is 55.1 Å². The summed E-state index contributed by atoms with van der Waals surface area (Å²) in [5.41, 5.74) is 3.12. The molecule has 0 fully saturated rings. The molecule has 4 nitrogen and oxygen atoms in total. The number of amides is 2. The van der Waals surface area contributed by atoms with Gasteiger partial charge in [0.2, 0.25) is 0 Å². The second-order valence-electron chi connectivity index (χ2n) is 4.62. The number of carbonyl (C=O) groups is 1. The van der Waals surface area contributed by atoms with Gasteiger partial charge in [-0.25, -0.2) is 4.79 Å². The lowest BCUT2D eigenvalue weighted by molar-refractivity contribution is 0.254. The number of thiophene rings is 1. The van der Waals surface area contributed by atoms with E-state index in [1.807, 2.05) is 24.3 Å². The third-order valence-corrected chi connectivity index (χ3v) is 4.25. The maximum Gasteiger partial charge on any atom is 0.318 e. The van der Waals surface area contributed by atoms with Crippen LogP contribution >= 0.6 is 11.3 Å². The summed E-state index contributed by atoms with van der Waals surface area (Å²) in [6.45, 7) is 4.27. The van der Waals surface area contributed by atoms with Crippen molar-refractivity contribution in [1.29, 1.82) is 0 Å². The molecule has 1 atom stereocenters. The van der Waals surface area contributed by atoms with Crippen molar-refractivity contribution in [2.75, 3.05) is 17.7 Å². The van der Waals surface area contributed by atoms with Crippen LogP contribution in [0.3, 0.4) is 0 Å². The Balaban J connectivity index is 2.00. The molecule has 0 radical (unpaired) electrons. The smallest absolute Gasteiger partial charge is 0.318 e. The van der Waals surface area contributed by atoms with Gasteiger partial charge in [0.25, 0.3) is 0 Å². The van der Waals surface area contributed by atoms with Crippen LogP contribution in [0.1, 0.15) is 23.4 Å². The zero-order valence-corrected chi connectivity index (χ0v) is 12.7. The Kier molecular flexibility index (Phi) is 4.63. The van der Waals surface area contributed by atoms with E-state index in [1.54, 1.807) is 18.4 Å². The minimum absolute atomic E-state index is 0.215. The molecule has 106 valence electrons. The van der Waals surface area contributed by atoms with E-state index < -0.39 is 0 Å². The van der Waals surface area contributed by atoms with Gasteiger partial charge < -0.3 is 16.0 Å². The quantitative estimate of drug-likeness (QED) is 0.797. The molecule has 1 aromatic carbocycles. The fourth-order valence-electron chi connectivity index (χ4n) is 1.99. The molecule has 20 heavy (non-hydrogen) atoms. The maximum absolute atomic E-state index is 11.2. The molecule has 0 aliphatic rings. The number of carbonyl (C=O) groups excluding carboxylic acids is 1. The number of hydrogen-bond donors (Lipinski definition) is 3. The molecule has 0 aliphatic heterocycles. The average molecular weight is 289 g/mol. The van der Waals surface area contributed by atoms with Gasteiger partial charge in [0.1, 0.15) is 0 Å². The highest BCUT2D eigenvalue weighted by Crippen LogP contribution is 2.27. The third kappa shape index (κ3) is 3.51. The minimum atomic E-state index is -0.215. The molecule has 3 N–H and O–H groups in total. The molecular formula is C15H19N3OS. The summed E-state index contributed by atoms with van der Waals surface area (Å²) >= 11 is 1.76. The normalized spacial score (nSPS) is 11.8. The van der Waals surface area contributed by atoms with Gasteiger partial charge in [-0.1, -0.05) is 0 Å². The zero-order chi connectivity index (χ0) is 14.5. The summed E-state index contributed by atoms with van der Waals surface area (Å²) in [4.78, 5) is 12.5. The summed E-state index contributed by atoms with van der Waals surface area (Å²) in [5, 5.41) is 10.8. The molecule has 1 aromatic heterocycles. The van der Waals surface area contributed by atoms with E-state index in [-0.39, 0.29) is 12.1 Å². The minimum Gasteiger partial charge on any atom is -0.378 e. The summed E-state index contributed by atoms with van der Waals surface area (Å²) < 4.78 is 0. The monoisotopic (exact) mass is 289 g/mol. The van der Waals surface area contributed by atoms with Crippen LogP contribution in [0, 0.1) is 6.92 Å². The molecule has 1 heterocycles. The second-order valence-corrected chi connectivity index (χ2v) is 5.56. The summed E-state index contributed by atoms with van der Waals surface area (Å²) in [6.07, 6.45) is 0. The number of urea groups is 1. The highest BCUT2D eigenvalue weighted by atomic mass is 32.1. The van der Waals surface area contributed by atoms with E-state index in [9.17, 15) is 4.79 Å². The van der Waals surface area contributed by atoms with E-state index in [1.165, 1.54) is 10.4 Å². The fraction of sp³-hybridized carbons (Fsp3) is 0.267. The van der Waals surface area contributed by atoms with Crippen molar-refractivity contribution in [3.05, 3.63) is 46.2 Å². The lowest BCUT2D eigenvalue weighted by atomic mass is 10.2. The van der Waals surface area contributed by atoms with Crippen molar-refractivity contribution in [1.82, 2.24) is 5.32 Å². The number of anilines is 2. The van der Waals surface area contributed by atoms with Crippen LogP contribution < -0.4 is 16.0 Å². The van der Waals surface area contributed by atoms with Gasteiger partial charge in [-0.3, -0.25) is 0 Å². The average Bonchev–Trinajstić information content (AvgIpc) is 2.87. The molecule has 0 bridgehead atoms. The van der Waals surface area contributed by atoms with E-state index in [2.05, 4.69) is 41.2 Å². The van der Waals surface area contributed by atoms with Crippen molar-refractivity contribution >= 4 is 28.7 Å². The highest BCUT2D eigenvalue weighted by Gasteiger charge is 2.09. The predicted molar refractivity (Wildman–Crippen MR) is 85.6 cm³/mol. The van der Waals surface area contributed by atoms with Gasteiger partial charge in [0.05, 0.1) is 6.04 Å². The molecule has 0 saturated heterocycles. The molecule has 5 heteroatoms. The molecule has 1 unspecified atom stereocenters. The molecular weight excluding hydrogens is 270 g/mol. The highest BCUT2D eigenvalue weighted by molar-refractivity contribution is 7.10. The molecule has 0 aliphatic carbocycles. The number of rotatable bonds is 4. The molecule has 2 aromatic rings. The van der Waals surface area contributed by atoms with Crippen LogP contribution in [0.15, 0.2) is 35.7 Å². The first-order valence-electron chi connectivity index (χ1n) is 6.49.